The Labute approximate surface area is 126 Å². The molecule has 2 unspecified atom stereocenters. The Morgan fingerprint density at radius 3 is 2.67 bits per heavy atom. The van der Waals surface area contributed by atoms with Crippen molar-refractivity contribution in [1.29, 1.82) is 0 Å². The summed E-state index contributed by atoms with van der Waals surface area (Å²) >= 11 is 0. The van der Waals surface area contributed by atoms with E-state index < -0.39 is 6.04 Å². The zero-order valence-electron chi connectivity index (χ0n) is 13.2. The zero-order chi connectivity index (χ0) is 15.8. The van der Waals surface area contributed by atoms with Crippen LogP contribution in [0.1, 0.15) is 32.8 Å². The lowest BCUT2D eigenvalue weighted by atomic mass is 9.99. The minimum Gasteiger partial charge on any atom is -0.504 e. The first-order valence-electron chi connectivity index (χ1n) is 7.29. The Morgan fingerprint density at radius 1 is 1.38 bits per heavy atom. The minimum atomic E-state index is -0.393. The fraction of sp³-hybridized carbons (Fsp3) is 0.562. The van der Waals surface area contributed by atoms with Crippen molar-refractivity contribution >= 4 is 5.97 Å². The van der Waals surface area contributed by atoms with Crippen molar-refractivity contribution in [2.45, 2.75) is 39.8 Å². The molecule has 1 aromatic rings. The van der Waals surface area contributed by atoms with E-state index in [1.807, 2.05) is 26.8 Å². The third-order valence-electron chi connectivity index (χ3n) is 3.56. The van der Waals surface area contributed by atoms with Crippen molar-refractivity contribution in [3.05, 3.63) is 23.8 Å². The summed E-state index contributed by atoms with van der Waals surface area (Å²) in [4.78, 5) is 11.8. The monoisotopic (exact) mass is 295 g/mol. The highest BCUT2D eigenvalue weighted by Crippen LogP contribution is 2.29. The molecule has 0 aliphatic heterocycles. The molecule has 21 heavy (non-hydrogen) atoms. The smallest absolute Gasteiger partial charge is 0.323 e. The van der Waals surface area contributed by atoms with Crippen molar-refractivity contribution in [1.82, 2.24) is 5.32 Å². The molecule has 2 N–H and O–H groups in total. The first kappa shape index (κ1) is 17.3. The van der Waals surface area contributed by atoms with Gasteiger partial charge in [0.15, 0.2) is 11.5 Å². The lowest BCUT2D eigenvalue weighted by Gasteiger charge is -2.22. The van der Waals surface area contributed by atoms with E-state index in [0.29, 0.717) is 24.5 Å². The standard InChI is InChI=1S/C16H25NO4/c1-5-11(3)14(16(19)20-4)17-10-12-8-7-9-13(15(12)18)21-6-2/h7-9,11,14,17-18H,5-6,10H2,1-4H3. The van der Waals surface area contributed by atoms with E-state index in [2.05, 4.69) is 5.32 Å². The van der Waals surface area contributed by atoms with Crippen molar-refractivity contribution < 1.29 is 19.4 Å². The van der Waals surface area contributed by atoms with E-state index in [0.717, 1.165) is 6.42 Å². The number of benzene rings is 1. The zero-order valence-corrected chi connectivity index (χ0v) is 13.2. The Balaban J connectivity index is 2.80. The summed E-state index contributed by atoms with van der Waals surface area (Å²) in [5.74, 6) is 0.425. The number of carbonyl (C=O) groups is 1. The molecular formula is C16H25NO4. The van der Waals surface area contributed by atoms with Gasteiger partial charge in [-0.05, 0) is 18.9 Å². The fourth-order valence-electron chi connectivity index (χ4n) is 2.08. The van der Waals surface area contributed by atoms with Gasteiger partial charge in [0.1, 0.15) is 6.04 Å². The first-order valence-corrected chi connectivity index (χ1v) is 7.29. The van der Waals surface area contributed by atoms with Gasteiger partial charge in [-0.1, -0.05) is 32.4 Å². The van der Waals surface area contributed by atoms with Gasteiger partial charge >= 0.3 is 5.97 Å². The molecule has 0 saturated carbocycles. The summed E-state index contributed by atoms with van der Waals surface area (Å²) in [7, 11) is 1.38. The predicted molar refractivity (Wildman–Crippen MR) is 81.4 cm³/mol. The summed E-state index contributed by atoms with van der Waals surface area (Å²) in [5, 5.41) is 13.3. The molecule has 0 heterocycles. The minimum absolute atomic E-state index is 0.111. The Hall–Kier alpha value is -1.75. The molecule has 5 nitrogen and oxygen atoms in total. The average molecular weight is 295 g/mol. The third kappa shape index (κ3) is 4.63. The van der Waals surface area contributed by atoms with E-state index in [4.69, 9.17) is 9.47 Å². The highest BCUT2D eigenvalue weighted by Gasteiger charge is 2.24. The molecule has 0 amide bonds. The van der Waals surface area contributed by atoms with Crippen LogP contribution in [0, 0.1) is 5.92 Å². The second kappa shape index (κ2) is 8.52. The number of rotatable bonds is 8. The SMILES string of the molecule is CCOc1cccc(CNC(C(=O)OC)C(C)CC)c1O. The normalized spacial score (nSPS) is 13.5. The van der Waals surface area contributed by atoms with Crippen LogP contribution in [0.25, 0.3) is 0 Å². The van der Waals surface area contributed by atoms with Gasteiger partial charge < -0.3 is 14.6 Å². The molecule has 0 radical (unpaired) electrons. The highest BCUT2D eigenvalue weighted by atomic mass is 16.5. The number of aromatic hydroxyl groups is 1. The van der Waals surface area contributed by atoms with Crippen LogP contribution in [0.5, 0.6) is 11.5 Å². The lowest BCUT2D eigenvalue weighted by molar-refractivity contribution is -0.144. The maximum atomic E-state index is 11.8. The highest BCUT2D eigenvalue weighted by molar-refractivity contribution is 5.76. The molecule has 0 aliphatic carbocycles. The van der Waals surface area contributed by atoms with Crippen LogP contribution in [0.15, 0.2) is 18.2 Å². The van der Waals surface area contributed by atoms with Crippen LogP contribution < -0.4 is 10.1 Å². The molecule has 1 rings (SSSR count). The summed E-state index contributed by atoms with van der Waals surface area (Å²) in [6.07, 6.45) is 0.859. The molecular weight excluding hydrogens is 270 g/mol. The molecule has 0 aromatic heterocycles. The van der Waals surface area contributed by atoms with Gasteiger partial charge in [0.25, 0.3) is 0 Å². The molecule has 5 heteroatoms. The quantitative estimate of drug-likeness (QED) is 0.721. The molecule has 0 aliphatic rings. The van der Waals surface area contributed by atoms with Crippen LogP contribution in [-0.2, 0) is 16.1 Å². The largest absolute Gasteiger partial charge is 0.504 e. The van der Waals surface area contributed by atoms with Gasteiger partial charge in [-0.2, -0.15) is 0 Å². The van der Waals surface area contributed by atoms with E-state index in [1.165, 1.54) is 7.11 Å². The Bertz CT molecular complexity index is 462. The van der Waals surface area contributed by atoms with E-state index >= 15 is 0 Å². The predicted octanol–water partition coefficient (Wildman–Crippen LogP) is 2.47. The summed E-state index contributed by atoms with van der Waals surface area (Å²) in [6.45, 7) is 6.74. The molecule has 0 fully saturated rings. The van der Waals surface area contributed by atoms with Gasteiger partial charge in [0.05, 0.1) is 13.7 Å². The average Bonchev–Trinajstić information content (AvgIpc) is 2.50. The van der Waals surface area contributed by atoms with E-state index in [-0.39, 0.29) is 17.6 Å². The Kier molecular flexibility index (Phi) is 7.02. The third-order valence-corrected chi connectivity index (χ3v) is 3.56. The van der Waals surface area contributed by atoms with Crippen LogP contribution in [-0.4, -0.2) is 30.8 Å². The number of ether oxygens (including phenoxy) is 2. The van der Waals surface area contributed by atoms with E-state index in [9.17, 15) is 9.90 Å². The summed E-state index contributed by atoms with van der Waals surface area (Å²) in [5.41, 5.74) is 0.693. The molecule has 118 valence electrons. The molecule has 1 aromatic carbocycles. The number of phenolic OH excluding ortho intramolecular Hbond substituents is 1. The van der Waals surface area contributed by atoms with Gasteiger partial charge in [-0.3, -0.25) is 10.1 Å². The first-order chi connectivity index (χ1) is 10.0. The maximum absolute atomic E-state index is 11.8. The molecule has 2 atom stereocenters. The van der Waals surface area contributed by atoms with Crippen LogP contribution in [0.2, 0.25) is 0 Å². The number of carbonyl (C=O) groups excluding carboxylic acids is 1. The maximum Gasteiger partial charge on any atom is 0.323 e. The fourth-order valence-corrected chi connectivity index (χ4v) is 2.08. The number of methoxy groups -OCH3 is 1. The van der Waals surface area contributed by atoms with E-state index in [1.54, 1.807) is 12.1 Å². The molecule has 0 saturated heterocycles. The van der Waals surface area contributed by atoms with Crippen LogP contribution in [0.3, 0.4) is 0 Å². The van der Waals surface area contributed by atoms with Crippen LogP contribution >= 0.6 is 0 Å². The van der Waals surface area contributed by atoms with Gasteiger partial charge in [0, 0.05) is 12.1 Å². The number of esters is 1. The number of nitrogens with one attached hydrogen (secondary N) is 1. The van der Waals surface area contributed by atoms with Gasteiger partial charge in [-0.15, -0.1) is 0 Å². The van der Waals surface area contributed by atoms with Gasteiger partial charge in [-0.25, -0.2) is 0 Å². The summed E-state index contributed by atoms with van der Waals surface area (Å²) in [6, 6.07) is 4.94. The summed E-state index contributed by atoms with van der Waals surface area (Å²) < 4.78 is 10.2. The van der Waals surface area contributed by atoms with Gasteiger partial charge in [0.2, 0.25) is 0 Å². The second-order valence-electron chi connectivity index (χ2n) is 4.96. The van der Waals surface area contributed by atoms with Crippen molar-refractivity contribution in [3.8, 4) is 11.5 Å². The number of hydrogen-bond acceptors (Lipinski definition) is 5. The Morgan fingerprint density at radius 2 is 2.10 bits per heavy atom. The topological polar surface area (TPSA) is 67.8 Å². The molecule has 0 spiro atoms. The van der Waals surface area contributed by atoms with Crippen molar-refractivity contribution in [2.75, 3.05) is 13.7 Å². The lowest BCUT2D eigenvalue weighted by Crippen LogP contribution is -2.42. The number of hydrogen-bond donors (Lipinski definition) is 2. The van der Waals surface area contributed by atoms with Crippen molar-refractivity contribution in [3.63, 3.8) is 0 Å². The second-order valence-corrected chi connectivity index (χ2v) is 4.96. The van der Waals surface area contributed by atoms with Crippen LogP contribution in [0.4, 0.5) is 0 Å². The van der Waals surface area contributed by atoms with Crippen molar-refractivity contribution in [2.24, 2.45) is 5.92 Å². The number of para-hydroxylation sites is 1. The molecule has 0 bridgehead atoms. The number of phenols is 1.